The standard InChI is InChI=1S/C10H10F3NO3/c1-7-2-3-9(8(4-15)14-7)17-6-16-5-10(11,12)13/h2-4H,5-6H2,1H3. The fourth-order valence-electron chi connectivity index (χ4n) is 1.03. The number of halogens is 3. The van der Waals surface area contributed by atoms with E-state index in [1.807, 2.05) is 0 Å². The molecule has 0 aliphatic carbocycles. The summed E-state index contributed by atoms with van der Waals surface area (Å²) in [5.74, 6) is 0.0905. The summed E-state index contributed by atoms with van der Waals surface area (Å²) >= 11 is 0. The predicted molar refractivity (Wildman–Crippen MR) is 51.9 cm³/mol. The second kappa shape index (κ2) is 5.62. The van der Waals surface area contributed by atoms with E-state index >= 15 is 0 Å². The van der Waals surface area contributed by atoms with E-state index < -0.39 is 19.6 Å². The molecular weight excluding hydrogens is 239 g/mol. The van der Waals surface area contributed by atoms with Crippen LogP contribution in [-0.4, -0.2) is 30.8 Å². The van der Waals surface area contributed by atoms with Crippen LogP contribution < -0.4 is 4.74 Å². The first kappa shape index (κ1) is 13.4. The molecule has 1 rings (SSSR count). The van der Waals surface area contributed by atoms with Crippen LogP contribution in [0.3, 0.4) is 0 Å². The highest BCUT2D eigenvalue weighted by Crippen LogP contribution is 2.17. The number of rotatable bonds is 5. The Kier molecular flexibility index (Phi) is 4.45. The Morgan fingerprint density at radius 3 is 2.71 bits per heavy atom. The van der Waals surface area contributed by atoms with Gasteiger partial charge in [-0.2, -0.15) is 13.2 Å². The molecule has 94 valence electrons. The lowest BCUT2D eigenvalue weighted by atomic mass is 10.3. The van der Waals surface area contributed by atoms with Crippen LogP contribution in [0, 0.1) is 6.92 Å². The summed E-state index contributed by atoms with van der Waals surface area (Å²) in [6.45, 7) is -0.315. The van der Waals surface area contributed by atoms with Gasteiger partial charge in [0.2, 0.25) is 0 Å². The van der Waals surface area contributed by atoms with Crippen molar-refractivity contribution < 1.29 is 27.4 Å². The van der Waals surface area contributed by atoms with Crippen molar-refractivity contribution in [2.75, 3.05) is 13.4 Å². The molecule has 0 aliphatic rings. The monoisotopic (exact) mass is 249 g/mol. The molecule has 0 atom stereocenters. The molecule has 0 bridgehead atoms. The molecule has 0 unspecified atom stereocenters. The highest BCUT2D eigenvalue weighted by atomic mass is 19.4. The zero-order valence-electron chi connectivity index (χ0n) is 8.95. The summed E-state index contributed by atoms with van der Waals surface area (Å²) in [6, 6.07) is 3.02. The van der Waals surface area contributed by atoms with E-state index in [1.165, 1.54) is 6.07 Å². The van der Waals surface area contributed by atoms with E-state index in [2.05, 4.69) is 9.72 Å². The average molecular weight is 249 g/mol. The van der Waals surface area contributed by atoms with Gasteiger partial charge in [0.15, 0.2) is 18.8 Å². The number of aromatic nitrogens is 1. The van der Waals surface area contributed by atoms with Gasteiger partial charge >= 0.3 is 6.18 Å². The first-order valence-electron chi connectivity index (χ1n) is 4.62. The summed E-state index contributed by atoms with van der Waals surface area (Å²) in [4.78, 5) is 14.5. The second-order valence-electron chi connectivity index (χ2n) is 3.18. The Morgan fingerprint density at radius 2 is 2.12 bits per heavy atom. The van der Waals surface area contributed by atoms with Gasteiger partial charge < -0.3 is 9.47 Å². The molecule has 0 radical (unpaired) electrons. The SMILES string of the molecule is Cc1ccc(OCOCC(F)(F)F)c(C=O)n1. The number of hydrogen-bond donors (Lipinski definition) is 0. The first-order chi connectivity index (χ1) is 7.92. The Balaban J connectivity index is 2.49. The third-order valence-electron chi connectivity index (χ3n) is 1.70. The summed E-state index contributed by atoms with van der Waals surface area (Å²) in [7, 11) is 0. The topological polar surface area (TPSA) is 48.4 Å². The van der Waals surface area contributed by atoms with Crippen molar-refractivity contribution in [3.63, 3.8) is 0 Å². The molecule has 1 aromatic heterocycles. The van der Waals surface area contributed by atoms with Crippen molar-refractivity contribution in [1.29, 1.82) is 0 Å². The normalized spacial score (nSPS) is 11.3. The number of aldehydes is 1. The fourth-order valence-corrected chi connectivity index (χ4v) is 1.03. The molecule has 1 heterocycles. The van der Waals surface area contributed by atoms with Crippen LogP contribution in [0.2, 0.25) is 0 Å². The number of aryl methyl sites for hydroxylation is 1. The molecule has 0 saturated heterocycles. The molecule has 4 nitrogen and oxygen atoms in total. The van der Waals surface area contributed by atoms with E-state index in [0.29, 0.717) is 12.0 Å². The summed E-state index contributed by atoms with van der Waals surface area (Å²) in [5, 5.41) is 0. The summed E-state index contributed by atoms with van der Waals surface area (Å²) in [6.07, 6.45) is -3.94. The maximum atomic E-state index is 11.7. The van der Waals surface area contributed by atoms with Gasteiger partial charge in [0, 0.05) is 5.69 Å². The Morgan fingerprint density at radius 1 is 1.41 bits per heavy atom. The molecule has 1 aromatic rings. The molecule has 0 spiro atoms. The maximum Gasteiger partial charge on any atom is 0.411 e. The number of alkyl halides is 3. The summed E-state index contributed by atoms with van der Waals surface area (Å²) in [5.41, 5.74) is 0.635. The lowest BCUT2D eigenvalue weighted by molar-refractivity contribution is -0.186. The lowest BCUT2D eigenvalue weighted by Crippen LogP contribution is -2.19. The minimum absolute atomic E-state index is 0.0283. The van der Waals surface area contributed by atoms with Crippen molar-refractivity contribution in [1.82, 2.24) is 4.98 Å². The highest BCUT2D eigenvalue weighted by Gasteiger charge is 2.27. The van der Waals surface area contributed by atoms with E-state index in [-0.39, 0.29) is 11.4 Å². The number of hydrogen-bond acceptors (Lipinski definition) is 4. The van der Waals surface area contributed by atoms with Crippen molar-refractivity contribution in [2.24, 2.45) is 0 Å². The third kappa shape index (κ3) is 4.81. The zero-order valence-corrected chi connectivity index (χ0v) is 8.95. The minimum atomic E-state index is -4.40. The molecule has 0 amide bonds. The van der Waals surface area contributed by atoms with Crippen LogP contribution in [0.15, 0.2) is 12.1 Å². The van der Waals surface area contributed by atoms with E-state index in [4.69, 9.17) is 4.74 Å². The Hall–Kier alpha value is -1.63. The van der Waals surface area contributed by atoms with Crippen LogP contribution in [-0.2, 0) is 4.74 Å². The van der Waals surface area contributed by atoms with E-state index in [9.17, 15) is 18.0 Å². The number of nitrogens with zero attached hydrogens (tertiary/aromatic N) is 1. The number of ether oxygens (including phenoxy) is 2. The van der Waals surface area contributed by atoms with Crippen LogP contribution in [0.25, 0.3) is 0 Å². The molecule has 0 N–H and O–H groups in total. The molecule has 0 saturated carbocycles. The minimum Gasteiger partial charge on any atom is -0.465 e. The van der Waals surface area contributed by atoms with Gasteiger partial charge in [0.25, 0.3) is 0 Å². The first-order valence-corrected chi connectivity index (χ1v) is 4.62. The quantitative estimate of drug-likeness (QED) is 0.455. The summed E-state index contributed by atoms with van der Waals surface area (Å²) < 4.78 is 44.3. The van der Waals surface area contributed by atoms with Crippen LogP contribution in [0.1, 0.15) is 16.2 Å². The third-order valence-corrected chi connectivity index (χ3v) is 1.70. The molecular formula is C10H10F3NO3. The van der Waals surface area contributed by atoms with Crippen molar-refractivity contribution in [3.8, 4) is 5.75 Å². The predicted octanol–water partition coefficient (Wildman–Crippen LogP) is 2.12. The molecule has 0 fully saturated rings. The molecule has 0 aliphatic heterocycles. The maximum absolute atomic E-state index is 11.7. The zero-order chi connectivity index (χ0) is 12.9. The van der Waals surface area contributed by atoms with Gasteiger partial charge in [-0.05, 0) is 19.1 Å². The van der Waals surface area contributed by atoms with Crippen molar-refractivity contribution in [2.45, 2.75) is 13.1 Å². The average Bonchev–Trinajstić information content (AvgIpc) is 2.24. The molecule has 7 heteroatoms. The van der Waals surface area contributed by atoms with Crippen LogP contribution in [0.5, 0.6) is 5.75 Å². The molecule has 0 aromatic carbocycles. The Labute approximate surface area is 95.4 Å². The van der Waals surface area contributed by atoms with Crippen LogP contribution in [0.4, 0.5) is 13.2 Å². The Bertz CT molecular complexity index is 393. The second-order valence-corrected chi connectivity index (χ2v) is 3.18. The molecule has 17 heavy (non-hydrogen) atoms. The van der Waals surface area contributed by atoms with E-state index in [0.717, 1.165) is 0 Å². The number of carbonyl (C=O) groups is 1. The van der Waals surface area contributed by atoms with Gasteiger partial charge in [-0.1, -0.05) is 0 Å². The van der Waals surface area contributed by atoms with Crippen LogP contribution >= 0.6 is 0 Å². The van der Waals surface area contributed by atoms with Gasteiger partial charge in [-0.15, -0.1) is 0 Å². The number of pyridine rings is 1. The number of carbonyl (C=O) groups excluding carboxylic acids is 1. The van der Waals surface area contributed by atoms with Crippen molar-refractivity contribution in [3.05, 3.63) is 23.5 Å². The highest BCUT2D eigenvalue weighted by molar-refractivity contribution is 5.76. The van der Waals surface area contributed by atoms with Crippen molar-refractivity contribution >= 4 is 6.29 Å². The van der Waals surface area contributed by atoms with Gasteiger partial charge in [0.1, 0.15) is 12.3 Å². The van der Waals surface area contributed by atoms with E-state index in [1.54, 1.807) is 13.0 Å². The lowest BCUT2D eigenvalue weighted by Gasteiger charge is -2.10. The van der Waals surface area contributed by atoms with Gasteiger partial charge in [-0.25, -0.2) is 4.98 Å². The largest absolute Gasteiger partial charge is 0.465 e. The fraction of sp³-hybridized carbons (Fsp3) is 0.400. The van der Waals surface area contributed by atoms with Gasteiger partial charge in [-0.3, -0.25) is 4.79 Å². The van der Waals surface area contributed by atoms with Gasteiger partial charge in [0.05, 0.1) is 0 Å². The smallest absolute Gasteiger partial charge is 0.411 e.